The van der Waals surface area contributed by atoms with Gasteiger partial charge in [0.05, 0.1) is 10.9 Å². The summed E-state index contributed by atoms with van der Waals surface area (Å²) in [6.07, 6.45) is 6.50. The van der Waals surface area contributed by atoms with E-state index in [2.05, 4.69) is 91.9 Å². The number of unbranched alkanes of at least 4 members (excludes halogenated alkanes) is 3. The van der Waals surface area contributed by atoms with Crippen molar-refractivity contribution in [2.24, 2.45) is 0 Å². The van der Waals surface area contributed by atoms with E-state index >= 15 is 0 Å². The molecule has 33 heavy (non-hydrogen) atoms. The Morgan fingerprint density at radius 1 is 0.727 bits per heavy atom. The Kier molecular flexibility index (Phi) is 10.5. The van der Waals surface area contributed by atoms with E-state index in [1.54, 1.807) is 0 Å². The van der Waals surface area contributed by atoms with Crippen molar-refractivity contribution in [3.8, 4) is 0 Å². The Balaban J connectivity index is 0.000000414. The van der Waals surface area contributed by atoms with Crippen LogP contribution in [-0.4, -0.2) is 18.5 Å². The predicted octanol–water partition coefficient (Wildman–Crippen LogP) is 6.96. The van der Waals surface area contributed by atoms with Gasteiger partial charge >= 0.3 is 5.51 Å². The van der Waals surface area contributed by atoms with Crippen LogP contribution in [0.1, 0.15) is 38.2 Å². The zero-order chi connectivity index (χ0) is 24.3. The molecule has 3 aromatic carbocycles. The molecule has 0 bridgehead atoms. The van der Waals surface area contributed by atoms with E-state index in [0.717, 1.165) is 0 Å². The molecule has 178 valence electrons. The van der Waals surface area contributed by atoms with Crippen molar-refractivity contribution in [2.45, 2.75) is 59.2 Å². The molecule has 0 saturated carbocycles. The minimum Gasteiger partial charge on any atom is -0.741 e. The third-order valence-corrected chi connectivity index (χ3v) is 7.52. The maximum absolute atomic E-state index is 10.7. The van der Waals surface area contributed by atoms with Crippen molar-refractivity contribution in [1.82, 2.24) is 0 Å². The lowest BCUT2D eigenvalue weighted by atomic mass is 10.1. The standard InChI is InChI=1S/C24H27S.CHF3O3S/c1-2-3-4-7-12-21-17-19-24(20-18-21)25(22-13-8-5-9-14-22)23-15-10-6-11-16-23;2-1(3,4)8(5,6)7/h5-6,8-11,13-20H,2-4,7,12H2,1H3;(H,5,6,7)/q+1;/p-1. The van der Waals surface area contributed by atoms with Crippen LogP contribution in [0, 0.1) is 0 Å². The van der Waals surface area contributed by atoms with Crippen molar-refractivity contribution in [1.29, 1.82) is 0 Å². The molecule has 0 radical (unpaired) electrons. The Morgan fingerprint density at radius 3 is 1.55 bits per heavy atom. The van der Waals surface area contributed by atoms with Gasteiger partial charge in [0.2, 0.25) is 0 Å². The van der Waals surface area contributed by atoms with Gasteiger partial charge in [-0.25, -0.2) is 8.42 Å². The van der Waals surface area contributed by atoms with Gasteiger partial charge in [-0.15, -0.1) is 0 Å². The molecule has 0 amide bonds. The number of rotatable bonds is 8. The number of hydrogen-bond acceptors (Lipinski definition) is 3. The van der Waals surface area contributed by atoms with Crippen LogP contribution >= 0.6 is 0 Å². The zero-order valence-electron chi connectivity index (χ0n) is 18.3. The van der Waals surface area contributed by atoms with Gasteiger partial charge in [-0.2, -0.15) is 13.2 Å². The molecule has 3 rings (SSSR count). The lowest BCUT2D eigenvalue weighted by molar-refractivity contribution is -0.0517. The minimum absolute atomic E-state index is 0.0317. The van der Waals surface area contributed by atoms with Crippen LogP contribution in [0.4, 0.5) is 13.2 Å². The van der Waals surface area contributed by atoms with Gasteiger partial charge in [-0.1, -0.05) is 74.7 Å². The molecule has 0 aliphatic rings. The molecule has 0 heterocycles. The summed E-state index contributed by atoms with van der Waals surface area (Å²) in [6.45, 7) is 2.27. The molecule has 0 aliphatic heterocycles. The van der Waals surface area contributed by atoms with E-state index in [4.69, 9.17) is 13.0 Å². The first-order valence-corrected chi connectivity index (χ1v) is 13.2. The second kappa shape index (κ2) is 12.8. The molecule has 0 aromatic heterocycles. The Morgan fingerprint density at radius 2 is 1.15 bits per heavy atom. The number of alkyl halides is 3. The number of benzene rings is 3. The highest BCUT2D eigenvalue weighted by atomic mass is 32.2. The Labute approximate surface area is 196 Å². The quantitative estimate of drug-likeness (QED) is 0.147. The van der Waals surface area contributed by atoms with Gasteiger partial charge in [-0.3, -0.25) is 0 Å². The molecule has 0 atom stereocenters. The molecule has 0 unspecified atom stereocenters. The molecule has 0 fully saturated rings. The fourth-order valence-electron chi connectivity index (χ4n) is 3.07. The first-order chi connectivity index (χ1) is 15.6. The molecule has 0 N–H and O–H groups in total. The highest BCUT2D eigenvalue weighted by molar-refractivity contribution is 7.97. The average molecular weight is 497 g/mol. The maximum atomic E-state index is 10.7. The first-order valence-electron chi connectivity index (χ1n) is 10.6. The smallest absolute Gasteiger partial charge is 0.485 e. The highest BCUT2D eigenvalue weighted by Crippen LogP contribution is 2.31. The van der Waals surface area contributed by atoms with E-state index in [9.17, 15) is 13.2 Å². The number of hydrogen-bond donors (Lipinski definition) is 0. The highest BCUT2D eigenvalue weighted by Gasteiger charge is 2.37. The van der Waals surface area contributed by atoms with Crippen molar-refractivity contribution in [3.63, 3.8) is 0 Å². The van der Waals surface area contributed by atoms with Crippen LogP contribution in [-0.2, 0) is 27.4 Å². The SMILES string of the molecule is CCCCCCc1ccc([S+](c2ccccc2)c2ccccc2)cc1.O=S(=O)([O-])C(F)(F)F. The van der Waals surface area contributed by atoms with Crippen molar-refractivity contribution in [3.05, 3.63) is 90.5 Å². The lowest BCUT2D eigenvalue weighted by Gasteiger charge is -2.08. The second-order valence-corrected chi connectivity index (χ2v) is 10.7. The number of halogens is 3. The summed E-state index contributed by atoms with van der Waals surface area (Å²) in [5, 5.41) is 0. The summed E-state index contributed by atoms with van der Waals surface area (Å²) >= 11 is 0. The zero-order valence-corrected chi connectivity index (χ0v) is 19.9. The van der Waals surface area contributed by atoms with Gasteiger partial charge in [0.1, 0.15) is 0 Å². The van der Waals surface area contributed by atoms with Gasteiger partial charge in [0, 0.05) is 0 Å². The topological polar surface area (TPSA) is 57.2 Å². The van der Waals surface area contributed by atoms with Gasteiger partial charge < -0.3 is 4.55 Å². The van der Waals surface area contributed by atoms with Gasteiger partial charge in [0.25, 0.3) is 0 Å². The summed E-state index contributed by atoms with van der Waals surface area (Å²) in [5.74, 6) is 0. The van der Waals surface area contributed by atoms with E-state index < -0.39 is 15.6 Å². The van der Waals surface area contributed by atoms with Crippen LogP contribution in [0.15, 0.2) is 99.6 Å². The third-order valence-electron chi connectivity index (χ3n) is 4.72. The normalized spacial score (nSPS) is 11.7. The molecular weight excluding hydrogens is 469 g/mol. The Bertz CT molecular complexity index is 1010. The van der Waals surface area contributed by atoms with Crippen LogP contribution in [0.2, 0.25) is 0 Å². The number of aryl methyl sites for hydroxylation is 1. The molecule has 3 nitrogen and oxygen atoms in total. The van der Waals surface area contributed by atoms with E-state index in [0.29, 0.717) is 0 Å². The molecule has 3 aromatic rings. The third kappa shape index (κ3) is 8.87. The minimum atomic E-state index is -6.09. The molecule has 0 aliphatic carbocycles. The van der Waals surface area contributed by atoms with Crippen molar-refractivity contribution < 1.29 is 26.1 Å². The fraction of sp³-hybridized carbons (Fsp3) is 0.280. The summed E-state index contributed by atoms with van der Waals surface area (Å²) < 4.78 is 58.9. The average Bonchev–Trinajstić information content (AvgIpc) is 2.78. The van der Waals surface area contributed by atoms with Crippen LogP contribution in [0.25, 0.3) is 0 Å². The molecule has 0 spiro atoms. The predicted molar refractivity (Wildman–Crippen MR) is 125 cm³/mol. The van der Waals surface area contributed by atoms with Gasteiger partial charge in [0.15, 0.2) is 24.8 Å². The van der Waals surface area contributed by atoms with Crippen LogP contribution in [0.5, 0.6) is 0 Å². The van der Waals surface area contributed by atoms with E-state index in [-0.39, 0.29) is 10.9 Å². The van der Waals surface area contributed by atoms with Crippen molar-refractivity contribution in [2.75, 3.05) is 0 Å². The lowest BCUT2D eigenvalue weighted by Crippen LogP contribution is -2.21. The maximum Gasteiger partial charge on any atom is 0.485 e. The van der Waals surface area contributed by atoms with E-state index in [1.807, 2.05) is 0 Å². The summed E-state index contributed by atoms with van der Waals surface area (Å²) in [5.41, 5.74) is -4.18. The monoisotopic (exact) mass is 496 g/mol. The molecule has 0 saturated heterocycles. The van der Waals surface area contributed by atoms with Crippen molar-refractivity contribution >= 4 is 21.0 Å². The fourth-order valence-corrected chi connectivity index (χ4v) is 5.15. The summed E-state index contributed by atoms with van der Waals surface area (Å²) in [7, 11) is -6.12. The van der Waals surface area contributed by atoms with Gasteiger partial charge in [-0.05, 0) is 54.8 Å². The van der Waals surface area contributed by atoms with E-state index in [1.165, 1.54) is 52.4 Å². The molecule has 8 heteroatoms. The Hall–Kier alpha value is -2.29. The van der Waals surface area contributed by atoms with Crippen LogP contribution in [0.3, 0.4) is 0 Å². The summed E-state index contributed by atoms with van der Waals surface area (Å²) in [4.78, 5) is 4.16. The van der Waals surface area contributed by atoms with Crippen LogP contribution < -0.4 is 0 Å². The molecular formula is C25H27F3O3S2. The largest absolute Gasteiger partial charge is 0.741 e. The first kappa shape index (κ1) is 27.0. The summed E-state index contributed by atoms with van der Waals surface area (Å²) in [6, 6.07) is 31.0. The second-order valence-electron chi connectivity index (χ2n) is 7.29.